The first-order valence-corrected chi connectivity index (χ1v) is 8.97. The summed E-state index contributed by atoms with van der Waals surface area (Å²) in [5, 5.41) is 15.6. The molecule has 0 aromatic carbocycles. The number of halogens is 1. The van der Waals surface area contributed by atoms with Gasteiger partial charge < -0.3 is 25.8 Å². The Labute approximate surface area is 172 Å². The number of nitrogens with zero attached hydrogens (tertiary/aromatic N) is 1. The van der Waals surface area contributed by atoms with Gasteiger partial charge in [0.1, 0.15) is 17.3 Å². The first kappa shape index (κ1) is 24.5. The number of allylic oxidation sites excluding steroid dienone is 1. The first-order chi connectivity index (χ1) is 13.8. The van der Waals surface area contributed by atoms with Crippen LogP contribution in [0, 0.1) is 5.82 Å². The molecule has 0 saturated heterocycles. The van der Waals surface area contributed by atoms with Crippen LogP contribution in [0.3, 0.4) is 0 Å². The number of hydrogen-bond donors (Lipinski definition) is 4. The highest BCUT2D eigenvalue weighted by Crippen LogP contribution is 2.09. The minimum Gasteiger partial charge on any atom is -0.480 e. The van der Waals surface area contributed by atoms with Gasteiger partial charge in [0.25, 0.3) is 11.8 Å². The third-order valence-electron chi connectivity index (χ3n) is 3.43. The third kappa shape index (κ3) is 7.86. The fourth-order valence-electron chi connectivity index (χ4n) is 1.99. The van der Waals surface area contributed by atoms with Crippen LogP contribution in [0.25, 0.3) is 0 Å². The lowest BCUT2D eigenvalue weighted by atomic mass is 10.2. The summed E-state index contributed by atoms with van der Waals surface area (Å²) in [7, 11) is 0. The Balaban J connectivity index is 2.86. The largest absolute Gasteiger partial charge is 0.480 e. The molecule has 1 rings (SSSR count). The van der Waals surface area contributed by atoms with Gasteiger partial charge in [-0.25, -0.2) is 14.2 Å². The van der Waals surface area contributed by atoms with Crippen molar-refractivity contribution in [3.63, 3.8) is 0 Å². The second-order valence-corrected chi connectivity index (χ2v) is 7.18. The van der Waals surface area contributed by atoms with Crippen LogP contribution in [0.1, 0.15) is 50.8 Å². The Hall–Kier alpha value is -3.50. The molecule has 0 aliphatic rings. The van der Waals surface area contributed by atoms with Crippen LogP contribution in [-0.4, -0.2) is 45.6 Å². The zero-order valence-corrected chi connectivity index (χ0v) is 17.3. The third-order valence-corrected chi connectivity index (χ3v) is 3.43. The van der Waals surface area contributed by atoms with Gasteiger partial charge in [-0.2, -0.15) is 0 Å². The molecule has 11 heteroatoms. The maximum atomic E-state index is 14.1. The highest BCUT2D eigenvalue weighted by Gasteiger charge is 2.22. The molecule has 0 radical (unpaired) electrons. The summed E-state index contributed by atoms with van der Waals surface area (Å²) >= 11 is 0. The van der Waals surface area contributed by atoms with Crippen molar-refractivity contribution in [2.45, 2.75) is 52.8 Å². The molecule has 3 amide bonds. The molecule has 0 aliphatic carbocycles. The minimum atomic E-state index is -1.26. The van der Waals surface area contributed by atoms with E-state index in [4.69, 9.17) is 9.84 Å². The van der Waals surface area contributed by atoms with Crippen LogP contribution in [0.2, 0.25) is 0 Å². The number of hydrogen-bond acceptors (Lipinski definition) is 6. The number of carbonyl (C=O) groups excluding carboxylic acids is 3. The number of amides is 3. The van der Waals surface area contributed by atoms with Gasteiger partial charge in [0.2, 0.25) is 0 Å². The van der Waals surface area contributed by atoms with Gasteiger partial charge in [0.15, 0.2) is 11.5 Å². The van der Waals surface area contributed by atoms with E-state index in [-0.39, 0.29) is 17.9 Å². The molecule has 0 aliphatic heterocycles. The van der Waals surface area contributed by atoms with E-state index in [0.29, 0.717) is 0 Å². The number of aromatic nitrogens is 1. The van der Waals surface area contributed by atoms with Crippen LogP contribution < -0.4 is 16.0 Å². The molecule has 30 heavy (non-hydrogen) atoms. The first-order valence-electron chi connectivity index (χ1n) is 8.97. The second kappa shape index (κ2) is 10.3. The van der Waals surface area contributed by atoms with Gasteiger partial charge in [-0.15, -0.1) is 0 Å². The maximum Gasteiger partial charge on any atom is 0.407 e. The molecular formula is C19H25FN4O6. The highest BCUT2D eigenvalue weighted by molar-refractivity contribution is 6.02. The number of carboxylic acid groups (broad SMARTS) is 1. The maximum absolute atomic E-state index is 14.1. The SMILES string of the molecule is C/C=C(\NC(=O)c1nc(CNC(=O)OC(C)(C)C)ccc1F)C(=O)N[C@@H](C)C(=O)O. The van der Waals surface area contributed by atoms with Gasteiger partial charge in [0.05, 0.1) is 12.2 Å². The number of rotatable bonds is 7. The van der Waals surface area contributed by atoms with E-state index in [2.05, 4.69) is 20.9 Å². The molecule has 0 bridgehead atoms. The summed E-state index contributed by atoms with van der Waals surface area (Å²) in [4.78, 5) is 50.8. The van der Waals surface area contributed by atoms with Crippen LogP contribution in [0.15, 0.2) is 23.9 Å². The van der Waals surface area contributed by atoms with Crippen molar-refractivity contribution in [1.29, 1.82) is 0 Å². The van der Waals surface area contributed by atoms with Gasteiger partial charge >= 0.3 is 12.1 Å². The molecule has 10 nitrogen and oxygen atoms in total. The van der Waals surface area contributed by atoms with Crippen molar-refractivity contribution in [2.24, 2.45) is 0 Å². The molecule has 1 aromatic rings. The predicted octanol–water partition coefficient (Wildman–Crippen LogP) is 1.47. The molecule has 0 spiro atoms. The topological polar surface area (TPSA) is 147 Å². The van der Waals surface area contributed by atoms with E-state index in [0.717, 1.165) is 6.07 Å². The van der Waals surface area contributed by atoms with Crippen molar-refractivity contribution in [3.05, 3.63) is 41.1 Å². The van der Waals surface area contributed by atoms with Gasteiger partial charge in [-0.1, -0.05) is 6.08 Å². The van der Waals surface area contributed by atoms with Crippen LogP contribution in [-0.2, 0) is 20.9 Å². The van der Waals surface area contributed by atoms with E-state index in [1.54, 1.807) is 20.8 Å². The summed E-state index contributed by atoms with van der Waals surface area (Å²) in [6, 6.07) is 1.08. The summed E-state index contributed by atoms with van der Waals surface area (Å²) in [6.07, 6.45) is 0.521. The number of carbonyl (C=O) groups is 4. The fourth-order valence-corrected chi connectivity index (χ4v) is 1.99. The smallest absolute Gasteiger partial charge is 0.407 e. The molecule has 0 fully saturated rings. The molecule has 1 heterocycles. The molecule has 0 unspecified atom stereocenters. The average Bonchev–Trinajstić information content (AvgIpc) is 2.63. The van der Waals surface area contributed by atoms with Crippen molar-refractivity contribution < 1.29 is 33.4 Å². The summed E-state index contributed by atoms with van der Waals surface area (Å²) in [5.41, 5.74) is -1.39. The normalized spacial score (nSPS) is 12.5. The summed E-state index contributed by atoms with van der Waals surface area (Å²) < 4.78 is 19.2. The number of pyridine rings is 1. The van der Waals surface area contributed by atoms with Crippen LogP contribution in [0.4, 0.5) is 9.18 Å². The minimum absolute atomic E-state index is 0.122. The van der Waals surface area contributed by atoms with E-state index in [9.17, 15) is 23.6 Å². The number of carboxylic acids is 1. The predicted molar refractivity (Wildman–Crippen MR) is 104 cm³/mol. The summed E-state index contributed by atoms with van der Waals surface area (Å²) in [6.45, 7) is 7.64. The second-order valence-electron chi connectivity index (χ2n) is 7.18. The van der Waals surface area contributed by atoms with Crippen LogP contribution >= 0.6 is 0 Å². The molecule has 164 valence electrons. The Morgan fingerprint density at radius 3 is 2.43 bits per heavy atom. The molecule has 0 saturated carbocycles. The lowest BCUT2D eigenvalue weighted by molar-refractivity contribution is -0.140. The fraction of sp³-hybridized carbons (Fsp3) is 0.421. The molecule has 1 atom stereocenters. The Bertz CT molecular complexity index is 863. The molecular weight excluding hydrogens is 399 g/mol. The molecule has 4 N–H and O–H groups in total. The van der Waals surface area contributed by atoms with Crippen molar-refractivity contribution in [2.75, 3.05) is 0 Å². The van der Waals surface area contributed by atoms with Crippen molar-refractivity contribution in [3.8, 4) is 0 Å². The van der Waals surface area contributed by atoms with Crippen molar-refractivity contribution in [1.82, 2.24) is 20.9 Å². The van der Waals surface area contributed by atoms with E-state index >= 15 is 0 Å². The van der Waals surface area contributed by atoms with Gasteiger partial charge in [-0.3, -0.25) is 14.4 Å². The van der Waals surface area contributed by atoms with Crippen LogP contribution in [0.5, 0.6) is 0 Å². The Kier molecular flexibility index (Phi) is 8.45. The zero-order valence-electron chi connectivity index (χ0n) is 17.3. The number of alkyl carbamates (subject to hydrolysis) is 1. The van der Waals surface area contributed by atoms with E-state index in [1.165, 1.54) is 26.0 Å². The number of nitrogens with one attached hydrogen (secondary N) is 3. The Morgan fingerprint density at radius 1 is 1.27 bits per heavy atom. The van der Waals surface area contributed by atoms with E-state index < -0.39 is 47.0 Å². The lowest BCUT2D eigenvalue weighted by Gasteiger charge is -2.19. The van der Waals surface area contributed by atoms with Gasteiger partial charge in [-0.05, 0) is 46.8 Å². The number of ether oxygens (including phenoxy) is 1. The zero-order chi connectivity index (χ0) is 23.1. The average molecular weight is 424 g/mol. The van der Waals surface area contributed by atoms with Gasteiger partial charge in [0, 0.05) is 0 Å². The number of aliphatic carboxylic acids is 1. The van der Waals surface area contributed by atoms with E-state index in [1.807, 2.05) is 0 Å². The van der Waals surface area contributed by atoms with Crippen molar-refractivity contribution >= 4 is 23.9 Å². The summed E-state index contributed by atoms with van der Waals surface area (Å²) in [5.74, 6) is -4.08. The quantitative estimate of drug-likeness (QED) is 0.485. The molecule has 1 aromatic heterocycles. The standard InChI is InChI=1S/C19H25FN4O6/c1-6-13(15(25)22-10(2)17(27)28)24-16(26)14-12(20)8-7-11(23-14)9-21-18(29)30-19(3,4)5/h6-8,10H,9H2,1-5H3,(H,21,29)(H,22,25)(H,24,26)(H,27,28)/b13-6-/t10-/m0/s1. The monoisotopic (exact) mass is 424 g/mol. The Morgan fingerprint density at radius 2 is 1.90 bits per heavy atom. The lowest BCUT2D eigenvalue weighted by Crippen LogP contribution is -2.42. The highest BCUT2D eigenvalue weighted by atomic mass is 19.1.